The minimum atomic E-state index is 0. The van der Waals surface area contributed by atoms with Crippen molar-refractivity contribution < 1.29 is 136 Å². The molecule has 0 N–H and O–H groups in total. The van der Waals surface area contributed by atoms with Crippen molar-refractivity contribution in [2.24, 2.45) is 0 Å². The Kier molecular flexibility index (Phi) is 100. The fraction of sp³-hybridized carbons (Fsp3) is 0. The molecule has 0 amide bonds. The Hall–Kier alpha value is 3.72. The van der Waals surface area contributed by atoms with Crippen LogP contribution in [0.3, 0.4) is 0 Å². The standard InChI is InChI=1S/Cs.2FH.Rb/h;2*1H;/q+1;;;+1/p-2. The molecule has 4 heteroatoms. The predicted molar refractivity (Wildman–Crippen MR) is 0 cm³/mol. The van der Waals surface area contributed by atoms with Crippen LogP contribution in [0.25, 0.3) is 0 Å². The van der Waals surface area contributed by atoms with E-state index in [2.05, 4.69) is 0 Å². The third-order valence-corrected chi connectivity index (χ3v) is 0. The summed E-state index contributed by atoms with van der Waals surface area (Å²) in [6, 6.07) is 0. The SMILES string of the molecule is [Cs+].[F-].[F-].[Rb+]. The Labute approximate surface area is 131 Å². The van der Waals surface area contributed by atoms with E-state index in [1.54, 1.807) is 0 Å². The van der Waals surface area contributed by atoms with Gasteiger partial charge in [-0.1, -0.05) is 0 Å². The van der Waals surface area contributed by atoms with Crippen LogP contribution in [0.15, 0.2) is 0 Å². The van der Waals surface area contributed by atoms with Crippen molar-refractivity contribution >= 4 is 0 Å². The maximum absolute atomic E-state index is 0. The van der Waals surface area contributed by atoms with E-state index in [4.69, 9.17) is 0 Å². The van der Waals surface area contributed by atoms with Crippen LogP contribution in [0.1, 0.15) is 0 Å². The molecule has 0 spiro atoms. The first-order valence-corrected chi connectivity index (χ1v) is 0. The van der Waals surface area contributed by atoms with E-state index < -0.39 is 0 Å². The summed E-state index contributed by atoms with van der Waals surface area (Å²) >= 11 is 0. The monoisotopic (exact) mass is 256 g/mol. The molecule has 4 heavy (non-hydrogen) atoms. The summed E-state index contributed by atoms with van der Waals surface area (Å²) in [6.45, 7) is 0. The first-order valence-electron chi connectivity index (χ1n) is 0. The van der Waals surface area contributed by atoms with Gasteiger partial charge >= 0.3 is 127 Å². The van der Waals surface area contributed by atoms with Gasteiger partial charge in [0.15, 0.2) is 0 Å². The molecule has 0 saturated carbocycles. The maximum Gasteiger partial charge on any atom is 1.00 e. The molecule has 0 nitrogen and oxygen atoms in total. The Morgan fingerprint density at radius 2 is 0.750 bits per heavy atom. The van der Waals surface area contributed by atoms with Gasteiger partial charge < -0.3 is 9.41 Å². The zero-order valence-electron chi connectivity index (χ0n) is 2.76. The molecule has 0 aromatic heterocycles. The summed E-state index contributed by atoms with van der Waals surface area (Å²) in [5.41, 5.74) is 0. The molecule has 0 atom stereocenters. The van der Waals surface area contributed by atoms with Crippen LogP contribution < -0.4 is 136 Å². The summed E-state index contributed by atoms with van der Waals surface area (Å²) in [7, 11) is 0. The third-order valence-electron chi connectivity index (χ3n) is 0. The smallest absolute Gasteiger partial charge is 1.00 e. The predicted octanol–water partition coefficient (Wildman–Crippen LogP) is -12.0. The third kappa shape index (κ3) is 9.21. The van der Waals surface area contributed by atoms with Crippen LogP contribution in [0.5, 0.6) is 0 Å². The molecule has 0 aliphatic heterocycles. The van der Waals surface area contributed by atoms with Crippen molar-refractivity contribution in [1.82, 2.24) is 0 Å². The summed E-state index contributed by atoms with van der Waals surface area (Å²) in [5.74, 6) is 0. The zero-order valence-corrected chi connectivity index (χ0v) is 14.0. The van der Waals surface area contributed by atoms with Crippen molar-refractivity contribution in [3.63, 3.8) is 0 Å². The van der Waals surface area contributed by atoms with Gasteiger partial charge in [0, 0.05) is 0 Å². The Balaban J connectivity index is 0. The van der Waals surface area contributed by atoms with Crippen molar-refractivity contribution in [2.45, 2.75) is 0 Å². The topological polar surface area (TPSA) is 0 Å². The molecule has 0 aromatic rings. The van der Waals surface area contributed by atoms with Gasteiger partial charge in [-0.15, -0.1) is 0 Å². The van der Waals surface area contributed by atoms with Gasteiger partial charge in [-0.2, -0.15) is 0 Å². The molecule has 0 aromatic carbocycles. The molecule has 0 rings (SSSR count). The number of hydrogen-bond donors (Lipinski definition) is 0. The van der Waals surface area contributed by atoms with Gasteiger partial charge in [0.05, 0.1) is 0 Å². The molecule has 0 fully saturated rings. The summed E-state index contributed by atoms with van der Waals surface area (Å²) in [4.78, 5) is 0. The van der Waals surface area contributed by atoms with E-state index in [1.165, 1.54) is 0 Å². The van der Waals surface area contributed by atoms with Crippen LogP contribution in [-0.4, -0.2) is 0 Å². The molecule has 0 radical (unpaired) electrons. The summed E-state index contributed by atoms with van der Waals surface area (Å²) in [5, 5.41) is 0. The fourth-order valence-corrected chi connectivity index (χ4v) is 0. The molecule has 0 heterocycles. The van der Waals surface area contributed by atoms with Gasteiger partial charge in [0.2, 0.25) is 0 Å². The van der Waals surface area contributed by atoms with E-state index in [0.29, 0.717) is 0 Å². The Bertz CT molecular complexity index is 6.00. The number of halogens is 2. The normalized spacial score (nSPS) is 0. The average Bonchev–Trinajstić information content (AvgIpc) is 0. The Morgan fingerprint density at radius 3 is 0.750 bits per heavy atom. The van der Waals surface area contributed by atoms with Gasteiger partial charge in [0.25, 0.3) is 0 Å². The molecule has 16 valence electrons. The number of hydrogen-bond acceptors (Lipinski definition) is 0. The van der Waals surface area contributed by atoms with E-state index in [-0.39, 0.29) is 136 Å². The van der Waals surface area contributed by atoms with Crippen LogP contribution in [0.4, 0.5) is 0 Å². The van der Waals surface area contributed by atoms with E-state index in [0.717, 1.165) is 0 Å². The Morgan fingerprint density at radius 1 is 0.750 bits per heavy atom. The van der Waals surface area contributed by atoms with Crippen LogP contribution >= 0.6 is 0 Å². The van der Waals surface area contributed by atoms with Gasteiger partial charge in [-0.05, 0) is 0 Å². The van der Waals surface area contributed by atoms with Crippen LogP contribution in [0.2, 0.25) is 0 Å². The molecule has 0 unspecified atom stereocenters. The van der Waals surface area contributed by atoms with E-state index in [9.17, 15) is 0 Å². The van der Waals surface area contributed by atoms with Crippen molar-refractivity contribution in [2.75, 3.05) is 0 Å². The first-order chi connectivity index (χ1) is 0. The van der Waals surface area contributed by atoms with Gasteiger partial charge in [0.1, 0.15) is 0 Å². The summed E-state index contributed by atoms with van der Waals surface area (Å²) in [6.07, 6.45) is 0. The molecular formula is CsF2Rb. The van der Waals surface area contributed by atoms with Gasteiger partial charge in [-0.3, -0.25) is 0 Å². The van der Waals surface area contributed by atoms with E-state index >= 15 is 0 Å². The second kappa shape index (κ2) is 15.9. The molecular weight excluding hydrogens is 256 g/mol. The summed E-state index contributed by atoms with van der Waals surface area (Å²) < 4.78 is 0. The minimum Gasteiger partial charge on any atom is -1.00 e. The van der Waals surface area contributed by atoms with Crippen molar-refractivity contribution in [3.05, 3.63) is 0 Å². The fourth-order valence-electron chi connectivity index (χ4n) is 0. The second-order valence-corrected chi connectivity index (χ2v) is 0. The average molecular weight is 256 g/mol. The number of rotatable bonds is 0. The quantitative estimate of drug-likeness (QED) is 0.404. The molecule has 0 aliphatic carbocycles. The van der Waals surface area contributed by atoms with Crippen LogP contribution in [-0.2, 0) is 0 Å². The minimum absolute atomic E-state index is 0. The zero-order chi connectivity index (χ0) is 0. The van der Waals surface area contributed by atoms with E-state index in [1.807, 2.05) is 0 Å². The van der Waals surface area contributed by atoms with Crippen molar-refractivity contribution in [3.8, 4) is 0 Å². The van der Waals surface area contributed by atoms with Gasteiger partial charge in [-0.25, -0.2) is 0 Å². The van der Waals surface area contributed by atoms with Crippen LogP contribution in [0, 0.1) is 0 Å². The molecule has 0 saturated heterocycles. The second-order valence-electron chi connectivity index (χ2n) is 0. The first kappa shape index (κ1) is 25.2. The van der Waals surface area contributed by atoms with Crippen molar-refractivity contribution in [1.29, 1.82) is 0 Å². The maximum atomic E-state index is 0. The molecule has 0 bridgehead atoms. The molecule has 0 aliphatic rings. The largest absolute Gasteiger partial charge is 1.00 e.